The molecule has 0 aromatic heterocycles. The summed E-state index contributed by atoms with van der Waals surface area (Å²) in [5, 5.41) is 0. The SMILES string of the molecule is CCCOP(=O)(O)O.O=P1(O)OCCCCCO1. The minimum Gasteiger partial charge on any atom is -0.303 e. The van der Waals surface area contributed by atoms with Crippen molar-refractivity contribution in [2.45, 2.75) is 32.6 Å². The van der Waals surface area contributed by atoms with Gasteiger partial charge < -0.3 is 14.7 Å². The molecule has 0 amide bonds. The monoisotopic (exact) mass is 306 g/mol. The molecule has 8 nitrogen and oxygen atoms in total. The van der Waals surface area contributed by atoms with Gasteiger partial charge in [0.05, 0.1) is 19.8 Å². The fourth-order valence-corrected chi connectivity index (χ4v) is 2.20. The van der Waals surface area contributed by atoms with Crippen LogP contribution in [0.15, 0.2) is 0 Å². The molecular weight excluding hydrogens is 286 g/mol. The fourth-order valence-electron chi connectivity index (χ4n) is 0.988. The zero-order chi connectivity index (χ0) is 14.1. The average Bonchev–Trinajstić information content (AvgIpc) is 2.22. The number of phosphoric acid groups is 2. The molecule has 1 heterocycles. The van der Waals surface area contributed by atoms with Crippen molar-refractivity contribution in [2.75, 3.05) is 19.8 Å². The number of hydrogen-bond donors (Lipinski definition) is 3. The van der Waals surface area contributed by atoms with Gasteiger partial charge in [-0.1, -0.05) is 6.92 Å². The Bertz CT molecular complexity index is 289. The first kappa shape index (κ1) is 18.2. The van der Waals surface area contributed by atoms with Gasteiger partial charge in [-0.15, -0.1) is 0 Å². The lowest BCUT2D eigenvalue weighted by molar-refractivity contribution is 0.131. The lowest BCUT2D eigenvalue weighted by Gasteiger charge is -2.14. The Kier molecular flexibility index (Phi) is 9.29. The van der Waals surface area contributed by atoms with Gasteiger partial charge in [-0.2, -0.15) is 0 Å². The summed E-state index contributed by atoms with van der Waals surface area (Å²) in [6.07, 6.45) is 3.30. The Balaban J connectivity index is 0.000000331. The Hall–Kier alpha value is 0.220. The summed E-state index contributed by atoms with van der Waals surface area (Å²) in [6.45, 7) is 2.54. The van der Waals surface area contributed by atoms with E-state index in [1.165, 1.54) is 0 Å². The zero-order valence-corrected chi connectivity index (χ0v) is 12.0. The number of hydrogen-bond acceptors (Lipinski definition) is 5. The maximum atomic E-state index is 10.7. The molecule has 0 atom stereocenters. The van der Waals surface area contributed by atoms with Gasteiger partial charge in [-0.3, -0.25) is 13.6 Å². The lowest BCUT2D eigenvalue weighted by Crippen LogP contribution is -2.02. The van der Waals surface area contributed by atoms with Crippen LogP contribution in [0.1, 0.15) is 32.6 Å². The van der Waals surface area contributed by atoms with Crippen molar-refractivity contribution in [1.82, 2.24) is 0 Å². The first-order chi connectivity index (χ1) is 8.27. The van der Waals surface area contributed by atoms with Crippen LogP contribution in [0.25, 0.3) is 0 Å². The van der Waals surface area contributed by atoms with Crippen molar-refractivity contribution in [3.8, 4) is 0 Å². The van der Waals surface area contributed by atoms with E-state index in [-0.39, 0.29) is 6.61 Å². The fraction of sp³-hybridized carbons (Fsp3) is 1.00. The van der Waals surface area contributed by atoms with Crippen LogP contribution in [0.5, 0.6) is 0 Å². The molecule has 1 fully saturated rings. The third kappa shape index (κ3) is 12.7. The van der Waals surface area contributed by atoms with E-state index in [4.69, 9.17) is 14.7 Å². The second kappa shape index (κ2) is 9.18. The molecule has 0 bridgehead atoms. The van der Waals surface area contributed by atoms with Crippen molar-refractivity contribution in [3.63, 3.8) is 0 Å². The highest BCUT2D eigenvalue weighted by molar-refractivity contribution is 7.47. The van der Waals surface area contributed by atoms with Crippen molar-refractivity contribution in [3.05, 3.63) is 0 Å². The van der Waals surface area contributed by atoms with Crippen LogP contribution >= 0.6 is 15.6 Å². The first-order valence-corrected chi connectivity index (χ1v) is 8.61. The van der Waals surface area contributed by atoms with Gasteiger partial charge in [-0.25, -0.2) is 9.13 Å². The molecule has 0 saturated carbocycles. The van der Waals surface area contributed by atoms with Crippen molar-refractivity contribution >= 4 is 15.6 Å². The summed E-state index contributed by atoms with van der Waals surface area (Å²) in [5.41, 5.74) is 0. The zero-order valence-electron chi connectivity index (χ0n) is 10.2. The van der Waals surface area contributed by atoms with Gasteiger partial charge in [0.2, 0.25) is 0 Å². The van der Waals surface area contributed by atoms with Crippen LogP contribution in [0.2, 0.25) is 0 Å². The standard InChI is InChI=1S/C5H11O4P.C3H9O4P/c6-10(7)8-4-2-1-3-5-9-10;1-2-3-7-8(4,5)6/h1-5H2,(H,6,7);2-3H2,1H3,(H2,4,5,6). The summed E-state index contributed by atoms with van der Waals surface area (Å²) in [7, 11) is -7.84. The van der Waals surface area contributed by atoms with E-state index in [9.17, 15) is 9.13 Å². The predicted octanol–water partition coefficient (Wildman–Crippen LogP) is 1.81. The van der Waals surface area contributed by atoms with Gasteiger partial charge >= 0.3 is 15.6 Å². The van der Waals surface area contributed by atoms with Crippen LogP contribution in [0, 0.1) is 0 Å². The van der Waals surface area contributed by atoms with Gasteiger partial charge in [0.25, 0.3) is 0 Å². The van der Waals surface area contributed by atoms with Crippen LogP contribution in [0.3, 0.4) is 0 Å². The molecule has 1 saturated heterocycles. The molecule has 3 N–H and O–H groups in total. The molecule has 0 unspecified atom stereocenters. The van der Waals surface area contributed by atoms with E-state index in [1.807, 2.05) is 0 Å². The average molecular weight is 306 g/mol. The van der Waals surface area contributed by atoms with Crippen LogP contribution < -0.4 is 0 Å². The molecule has 0 aromatic rings. The summed E-state index contributed by atoms with van der Waals surface area (Å²) in [5.74, 6) is 0. The molecular formula is C8H20O8P2. The van der Waals surface area contributed by atoms with Crippen molar-refractivity contribution in [1.29, 1.82) is 0 Å². The molecule has 10 heteroatoms. The maximum absolute atomic E-state index is 10.7. The lowest BCUT2D eigenvalue weighted by atomic mass is 10.2. The van der Waals surface area contributed by atoms with Gasteiger partial charge in [0.15, 0.2) is 0 Å². The Morgan fingerprint density at radius 2 is 1.72 bits per heavy atom. The van der Waals surface area contributed by atoms with Crippen LogP contribution in [0.4, 0.5) is 0 Å². The topological polar surface area (TPSA) is 123 Å². The molecule has 1 aliphatic heterocycles. The number of rotatable bonds is 3. The molecule has 110 valence electrons. The molecule has 18 heavy (non-hydrogen) atoms. The largest absolute Gasteiger partial charge is 0.472 e. The van der Waals surface area contributed by atoms with E-state index < -0.39 is 15.6 Å². The number of phosphoric ester groups is 2. The third-order valence-electron chi connectivity index (χ3n) is 1.76. The summed E-state index contributed by atoms with van der Waals surface area (Å²) in [6, 6.07) is 0. The normalized spacial score (nSPS) is 20.2. The Morgan fingerprint density at radius 3 is 2.06 bits per heavy atom. The second-order valence-electron chi connectivity index (χ2n) is 3.52. The van der Waals surface area contributed by atoms with Crippen molar-refractivity contribution in [2.24, 2.45) is 0 Å². The first-order valence-electron chi connectivity index (χ1n) is 5.59. The minimum atomic E-state index is -4.18. The molecule has 0 aromatic carbocycles. The minimum absolute atomic E-state index is 0.115. The quantitative estimate of drug-likeness (QED) is 0.675. The molecule has 0 aliphatic carbocycles. The van der Waals surface area contributed by atoms with E-state index in [2.05, 4.69) is 13.6 Å². The highest BCUT2D eigenvalue weighted by Gasteiger charge is 2.21. The van der Waals surface area contributed by atoms with Gasteiger partial charge in [0.1, 0.15) is 0 Å². The predicted molar refractivity (Wildman–Crippen MR) is 63.9 cm³/mol. The Labute approximate surface area is 106 Å². The van der Waals surface area contributed by atoms with Gasteiger partial charge in [-0.05, 0) is 25.7 Å². The second-order valence-corrected chi connectivity index (χ2v) is 6.21. The van der Waals surface area contributed by atoms with E-state index in [0.717, 1.165) is 19.3 Å². The van der Waals surface area contributed by atoms with Crippen LogP contribution in [-0.2, 0) is 22.7 Å². The summed E-state index contributed by atoms with van der Waals surface area (Å²) in [4.78, 5) is 24.9. The Morgan fingerprint density at radius 1 is 1.22 bits per heavy atom. The highest BCUT2D eigenvalue weighted by Crippen LogP contribution is 2.44. The molecule has 1 rings (SSSR count). The summed E-state index contributed by atoms with van der Waals surface area (Å²) < 4.78 is 33.7. The van der Waals surface area contributed by atoms with E-state index in [1.54, 1.807) is 6.92 Å². The smallest absolute Gasteiger partial charge is 0.303 e. The van der Waals surface area contributed by atoms with E-state index in [0.29, 0.717) is 19.6 Å². The third-order valence-corrected chi connectivity index (χ3v) is 3.30. The summed E-state index contributed by atoms with van der Waals surface area (Å²) >= 11 is 0. The highest BCUT2D eigenvalue weighted by atomic mass is 31.2. The van der Waals surface area contributed by atoms with Crippen molar-refractivity contribution < 1.29 is 37.4 Å². The van der Waals surface area contributed by atoms with E-state index >= 15 is 0 Å². The molecule has 0 radical (unpaired) electrons. The molecule has 1 aliphatic rings. The van der Waals surface area contributed by atoms with Crippen LogP contribution in [-0.4, -0.2) is 34.5 Å². The maximum Gasteiger partial charge on any atom is 0.472 e. The molecule has 0 spiro atoms. The van der Waals surface area contributed by atoms with Gasteiger partial charge in [0, 0.05) is 0 Å².